The van der Waals surface area contributed by atoms with E-state index in [-0.39, 0.29) is 54.1 Å². The van der Waals surface area contributed by atoms with Gasteiger partial charge in [0.15, 0.2) is 0 Å². The van der Waals surface area contributed by atoms with Gasteiger partial charge in [0.1, 0.15) is 0 Å². The fraction of sp³-hybridized carbons (Fsp3) is 1.00. The van der Waals surface area contributed by atoms with Gasteiger partial charge >= 0.3 is 0 Å². The molecule has 0 bridgehead atoms. The predicted molar refractivity (Wildman–Crippen MR) is 19.4 cm³/mol. The molecule has 0 saturated heterocycles. The van der Waals surface area contributed by atoms with E-state index in [1.807, 2.05) is 6.92 Å². The Bertz CT molecular complexity index is 9.51. The van der Waals surface area contributed by atoms with Gasteiger partial charge in [0, 0.05) is 0 Å². The summed E-state index contributed by atoms with van der Waals surface area (Å²) in [6, 6.07) is 0. The van der Waals surface area contributed by atoms with Crippen LogP contribution in [0, 0.1) is 0 Å². The Morgan fingerprint density at radius 2 is 1.33 bits per heavy atom. The van der Waals surface area contributed by atoms with E-state index in [1.165, 1.54) is 0 Å². The highest BCUT2D eigenvalue weighted by molar-refractivity contribution is 3.79. The molecule has 0 saturated carbocycles. The van der Waals surface area contributed by atoms with E-state index in [0.717, 1.165) is 6.54 Å². The van der Waals surface area contributed by atoms with Crippen LogP contribution in [0.25, 0.3) is 0 Å². The number of quaternary nitrogens is 2. The van der Waals surface area contributed by atoms with Crippen LogP contribution in [0.2, 0.25) is 0 Å². The van der Waals surface area contributed by atoms with Gasteiger partial charge in [0.05, 0.1) is 6.54 Å². The van der Waals surface area contributed by atoms with E-state index in [4.69, 9.17) is 0 Å². The summed E-state index contributed by atoms with van der Waals surface area (Å²) in [5, 5.41) is 0. The van der Waals surface area contributed by atoms with Crippen LogP contribution in [-0.4, -0.2) is 6.54 Å². The number of hydrogen-bond donors (Lipinski definition) is 2. The molecule has 0 aromatic heterocycles. The zero-order valence-corrected chi connectivity index (χ0v) is 8.49. The second-order valence-electron chi connectivity index (χ2n) is 0.500. The van der Waals surface area contributed by atoms with Gasteiger partial charge in [-0.1, -0.05) is 0 Å². The Hall–Kier alpha value is 1.38. The van der Waals surface area contributed by atoms with Gasteiger partial charge in [0.25, 0.3) is 0 Å². The fourth-order valence-electron chi connectivity index (χ4n) is 0. The first-order valence-corrected chi connectivity index (χ1v) is 1.21. The standard InChI is InChI=1S/C2H7N.2HI.H3N/c1-2-3;;;/h2-3H2,1H3;2*1H;1H3. The van der Waals surface area contributed by atoms with Crippen molar-refractivity contribution in [2.45, 2.75) is 6.92 Å². The topological polar surface area (TPSA) is 64.1 Å². The van der Waals surface area contributed by atoms with Crippen molar-refractivity contribution in [3.8, 4) is 0 Å². The highest BCUT2D eigenvalue weighted by Gasteiger charge is 1.37. The maximum Gasteiger partial charge on any atom is 0.0711 e. The second kappa shape index (κ2) is 32.6. The average Bonchev–Trinajstić information content (AvgIpc) is 0.918. The fourth-order valence-corrected chi connectivity index (χ4v) is 0. The first-order chi connectivity index (χ1) is 1.41. The first kappa shape index (κ1) is 26.3. The molecule has 6 heavy (non-hydrogen) atoms. The highest BCUT2D eigenvalue weighted by atomic mass is 127. The minimum absolute atomic E-state index is 0. The lowest BCUT2D eigenvalue weighted by Crippen LogP contribution is -3.00. The van der Waals surface area contributed by atoms with E-state index >= 15 is 0 Å². The van der Waals surface area contributed by atoms with Gasteiger partial charge in [-0.2, -0.15) is 0 Å². The third-order valence-electron chi connectivity index (χ3n) is 0. The van der Waals surface area contributed by atoms with Crippen LogP contribution in [0.4, 0.5) is 0 Å². The molecule has 0 rings (SSSR count). The number of hydrogen-bond acceptors (Lipinski definition) is 0. The minimum atomic E-state index is 0. The summed E-state index contributed by atoms with van der Waals surface area (Å²) >= 11 is 0. The van der Waals surface area contributed by atoms with Crippen LogP contribution in [0.3, 0.4) is 0 Å². The van der Waals surface area contributed by atoms with Crippen molar-refractivity contribution in [2.75, 3.05) is 6.54 Å². The maximum absolute atomic E-state index is 3.49. The van der Waals surface area contributed by atoms with E-state index in [9.17, 15) is 0 Å². The number of halogens is 2. The van der Waals surface area contributed by atoms with Crippen molar-refractivity contribution in [3.63, 3.8) is 0 Å². The van der Waals surface area contributed by atoms with Crippen LogP contribution in [-0.2, 0) is 0 Å². The Morgan fingerprint density at radius 3 is 1.33 bits per heavy atom. The predicted octanol–water partition coefficient (Wildman–Crippen LogP) is -6.37. The molecule has 0 aliphatic rings. The lowest BCUT2D eigenvalue weighted by molar-refractivity contribution is -0.361. The quantitative estimate of drug-likeness (QED) is 0.418. The average molecular weight is 318 g/mol. The van der Waals surface area contributed by atoms with Crippen LogP contribution < -0.4 is 59.8 Å². The van der Waals surface area contributed by atoms with Gasteiger partial charge in [0.2, 0.25) is 0 Å². The molecule has 0 heterocycles. The Balaban J connectivity index is -0.00000000667. The maximum atomic E-state index is 3.49. The molecule has 0 radical (unpaired) electrons. The van der Waals surface area contributed by atoms with Crippen molar-refractivity contribution < 1.29 is 53.7 Å². The van der Waals surface area contributed by atoms with Gasteiger partial charge in [-0.05, 0) is 6.92 Å². The van der Waals surface area contributed by atoms with Crippen LogP contribution >= 0.6 is 0 Å². The van der Waals surface area contributed by atoms with Crippen molar-refractivity contribution in [3.05, 3.63) is 0 Å². The highest BCUT2D eigenvalue weighted by Crippen LogP contribution is 1.13. The Labute approximate surface area is 72.9 Å². The van der Waals surface area contributed by atoms with Crippen molar-refractivity contribution in [2.24, 2.45) is 0 Å². The lowest BCUT2D eigenvalue weighted by atomic mass is 10.8. The van der Waals surface area contributed by atoms with Gasteiger partial charge in [-0.15, -0.1) is 0 Å². The number of rotatable bonds is 0. The molecular formula is C2H12I2N2. The zero-order valence-electron chi connectivity index (χ0n) is 4.17. The SMILES string of the molecule is CC[NH3+].[I-].[I-].[NH4+]. The summed E-state index contributed by atoms with van der Waals surface area (Å²) < 4.78 is 0. The van der Waals surface area contributed by atoms with Crippen LogP contribution in [0.1, 0.15) is 6.92 Å². The molecule has 0 aliphatic heterocycles. The molecule has 0 amide bonds. The zero-order chi connectivity index (χ0) is 2.71. The second-order valence-corrected chi connectivity index (χ2v) is 0.500. The van der Waals surface area contributed by atoms with Gasteiger partial charge in [-0.3, -0.25) is 0 Å². The van der Waals surface area contributed by atoms with Crippen molar-refractivity contribution in [1.29, 1.82) is 0 Å². The molecule has 0 aromatic rings. The molecule has 7 N–H and O–H groups in total. The molecule has 2 nitrogen and oxygen atoms in total. The Morgan fingerprint density at radius 1 is 1.33 bits per heavy atom. The molecule has 0 spiro atoms. The largest absolute Gasteiger partial charge is 1.00 e. The molecular weight excluding hydrogens is 306 g/mol. The summed E-state index contributed by atoms with van der Waals surface area (Å²) in [5.74, 6) is 0. The third kappa shape index (κ3) is 54.2. The summed E-state index contributed by atoms with van der Waals surface area (Å²) in [5.41, 5.74) is 3.49. The Kier molecular flexibility index (Phi) is 143. The molecule has 0 unspecified atom stereocenters. The summed E-state index contributed by atoms with van der Waals surface area (Å²) in [4.78, 5) is 0. The molecule has 0 atom stereocenters. The van der Waals surface area contributed by atoms with E-state index in [0.29, 0.717) is 0 Å². The van der Waals surface area contributed by atoms with Crippen molar-refractivity contribution >= 4 is 0 Å². The smallest absolute Gasteiger partial charge is 0.0711 e. The van der Waals surface area contributed by atoms with Crippen molar-refractivity contribution in [1.82, 2.24) is 6.15 Å². The molecule has 4 heteroatoms. The van der Waals surface area contributed by atoms with E-state index < -0.39 is 0 Å². The normalized spacial score (nSPS) is 3.00. The van der Waals surface area contributed by atoms with E-state index in [1.54, 1.807) is 0 Å². The summed E-state index contributed by atoms with van der Waals surface area (Å²) in [6.07, 6.45) is 0. The van der Waals surface area contributed by atoms with Gasteiger partial charge in [-0.25, -0.2) is 0 Å². The molecule has 0 aromatic carbocycles. The summed E-state index contributed by atoms with van der Waals surface area (Å²) in [7, 11) is 0. The molecule has 0 fully saturated rings. The van der Waals surface area contributed by atoms with E-state index in [2.05, 4.69) is 5.73 Å². The molecule has 44 valence electrons. The van der Waals surface area contributed by atoms with Gasteiger partial charge < -0.3 is 59.8 Å². The van der Waals surface area contributed by atoms with Crippen LogP contribution in [0.15, 0.2) is 0 Å². The molecule has 0 aliphatic carbocycles. The minimum Gasteiger partial charge on any atom is -1.00 e. The van der Waals surface area contributed by atoms with Crippen LogP contribution in [0.5, 0.6) is 0 Å². The third-order valence-corrected chi connectivity index (χ3v) is 0. The monoisotopic (exact) mass is 318 g/mol. The first-order valence-electron chi connectivity index (χ1n) is 1.21. The lowest BCUT2D eigenvalue weighted by Gasteiger charge is -1.49. The summed E-state index contributed by atoms with van der Waals surface area (Å²) in [6.45, 7) is 3.01.